The lowest BCUT2D eigenvalue weighted by Crippen LogP contribution is -2.14. The van der Waals surface area contributed by atoms with Crippen LogP contribution in [-0.4, -0.2) is 24.8 Å². The molecule has 0 saturated carbocycles. The predicted molar refractivity (Wildman–Crippen MR) is 93.8 cm³/mol. The van der Waals surface area contributed by atoms with Crippen LogP contribution in [0.3, 0.4) is 0 Å². The molecule has 0 bridgehead atoms. The highest BCUT2D eigenvalue weighted by Crippen LogP contribution is 2.26. The Balaban J connectivity index is 2.18. The van der Waals surface area contributed by atoms with Crippen molar-refractivity contribution in [1.29, 1.82) is 0 Å². The molecule has 2 aromatic carbocycles. The molecule has 0 spiro atoms. The fourth-order valence-electron chi connectivity index (χ4n) is 2.47. The van der Waals surface area contributed by atoms with Crippen LogP contribution in [0.2, 0.25) is 0 Å². The fourth-order valence-corrected chi connectivity index (χ4v) is 2.47. The Labute approximate surface area is 143 Å². The van der Waals surface area contributed by atoms with Gasteiger partial charge in [0.05, 0.1) is 19.6 Å². The molecule has 4 heteroatoms. The normalized spacial score (nSPS) is 12.0. The summed E-state index contributed by atoms with van der Waals surface area (Å²) in [4.78, 5) is 11.7. The average molecular weight is 328 g/mol. The first kappa shape index (κ1) is 17.9. The van der Waals surface area contributed by atoms with E-state index in [0.29, 0.717) is 24.7 Å². The maximum atomic E-state index is 11.7. The molecular formula is C20H24O4. The van der Waals surface area contributed by atoms with Crippen LogP contribution in [0.4, 0.5) is 0 Å². The highest BCUT2D eigenvalue weighted by atomic mass is 16.5. The number of carbonyl (C=O) groups is 1. The minimum absolute atomic E-state index is 0.404. The van der Waals surface area contributed by atoms with Crippen molar-refractivity contribution in [1.82, 2.24) is 0 Å². The molecule has 2 aromatic rings. The van der Waals surface area contributed by atoms with Gasteiger partial charge in [-0.3, -0.25) is 4.79 Å². The Kier molecular flexibility index (Phi) is 6.24. The van der Waals surface area contributed by atoms with Crippen LogP contribution >= 0.6 is 0 Å². The van der Waals surface area contributed by atoms with Crippen molar-refractivity contribution in [2.24, 2.45) is 5.92 Å². The van der Waals surface area contributed by atoms with Crippen molar-refractivity contribution in [3.63, 3.8) is 0 Å². The number of hydrogen-bond donors (Lipinski definition) is 1. The molecule has 0 amide bonds. The highest BCUT2D eigenvalue weighted by molar-refractivity contribution is 5.76. The van der Waals surface area contributed by atoms with Gasteiger partial charge in [-0.2, -0.15) is 0 Å². The van der Waals surface area contributed by atoms with Crippen molar-refractivity contribution in [3.05, 3.63) is 59.7 Å². The third-order valence-corrected chi connectivity index (χ3v) is 3.72. The summed E-state index contributed by atoms with van der Waals surface area (Å²) in [7, 11) is 1.57. The maximum absolute atomic E-state index is 11.7. The Morgan fingerprint density at radius 3 is 2.46 bits per heavy atom. The smallest absolute Gasteiger partial charge is 0.311 e. The molecule has 0 fully saturated rings. The van der Waals surface area contributed by atoms with Crippen LogP contribution < -0.4 is 9.47 Å². The van der Waals surface area contributed by atoms with E-state index in [4.69, 9.17) is 9.47 Å². The number of hydrogen-bond acceptors (Lipinski definition) is 3. The number of carboxylic acid groups (broad SMARTS) is 1. The van der Waals surface area contributed by atoms with Gasteiger partial charge >= 0.3 is 5.97 Å². The van der Waals surface area contributed by atoms with Gasteiger partial charge in [-0.25, -0.2) is 0 Å². The molecule has 1 N–H and O–H groups in total. The zero-order valence-electron chi connectivity index (χ0n) is 14.4. The van der Waals surface area contributed by atoms with Gasteiger partial charge in [0, 0.05) is 0 Å². The van der Waals surface area contributed by atoms with Gasteiger partial charge in [-0.15, -0.1) is 0 Å². The van der Waals surface area contributed by atoms with E-state index < -0.39 is 11.9 Å². The molecule has 1 atom stereocenters. The monoisotopic (exact) mass is 328 g/mol. The van der Waals surface area contributed by atoms with Gasteiger partial charge in [0.2, 0.25) is 0 Å². The summed E-state index contributed by atoms with van der Waals surface area (Å²) in [5.74, 6) is 0.401. The van der Waals surface area contributed by atoms with E-state index >= 15 is 0 Å². The zero-order valence-corrected chi connectivity index (χ0v) is 14.4. The van der Waals surface area contributed by atoms with E-state index in [1.807, 2.05) is 42.5 Å². The van der Waals surface area contributed by atoms with Crippen LogP contribution in [0, 0.1) is 5.92 Å². The lowest BCUT2D eigenvalue weighted by molar-refractivity contribution is -0.138. The van der Waals surface area contributed by atoms with Crippen LogP contribution in [0.1, 0.15) is 30.9 Å². The third-order valence-electron chi connectivity index (χ3n) is 3.72. The van der Waals surface area contributed by atoms with E-state index in [-0.39, 0.29) is 0 Å². The molecule has 0 aliphatic carbocycles. The molecule has 0 saturated heterocycles. The number of ether oxygens (including phenoxy) is 2. The SMILES string of the molecule is COc1cccc(C(Cc2cccc(OCC(C)C)c2)C(=O)O)c1. The summed E-state index contributed by atoms with van der Waals surface area (Å²) < 4.78 is 10.9. The molecule has 4 nitrogen and oxygen atoms in total. The van der Waals surface area contributed by atoms with Crippen molar-refractivity contribution >= 4 is 5.97 Å². The van der Waals surface area contributed by atoms with Crippen molar-refractivity contribution < 1.29 is 19.4 Å². The van der Waals surface area contributed by atoms with Crippen LogP contribution in [0.5, 0.6) is 11.5 Å². The van der Waals surface area contributed by atoms with E-state index in [1.54, 1.807) is 13.2 Å². The van der Waals surface area contributed by atoms with E-state index in [1.165, 1.54) is 0 Å². The summed E-state index contributed by atoms with van der Waals surface area (Å²) in [5, 5.41) is 9.62. The summed E-state index contributed by atoms with van der Waals surface area (Å²) >= 11 is 0. The number of aliphatic carboxylic acids is 1. The van der Waals surface area contributed by atoms with Gasteiger partial charge in [-0.05, 0) is 47.7 Å². The standard InChI is InChI=1S/C20H24O4/c1-14(2)13-24-18-9-4-6-15(10-18)11-19(20(21)22)16-7-5-8-17(12-16)23-3/h4-10,12,14,19H,11,13H2,1-3H3,(H,21,22). The number of methoxy groups -OCH3 is 1. The second-order valence-corrected chi connectivity index (χ2v) is 6.22. The molecule has 2 rings (SSSR count). The van der Waals surface area contributed by atoms with Crippen LogP contribution in [-0.2, 0) is 11.2 Å². The largest absolute Gasteiger partial charge is 0.497 e. The second-order valence-electron chi connectivity index (χ2n) is 6.22. The van der Waals surface area contributed by atoms with E-state index in [0.717, 1.165) is 16.9 Å². The fraction of sp³-hybridized carbons (Fsp3) is 0.350. The van der Waals surface area contributed by atoms with Gasteiger partial charge in [-0.1, -0.05) is 38.1 Å². The Morgan fingerprint density at radius 1 is 1.08 bits per heavy atom. The van der Waals surface area contributed by atoms with Gasteiger partial charge < -0.3 is 14.6 Å². The molecule has 0 radical (unpaired) electrons. The number of rotatable bonds is 8. The van der Waals surface area contributed by atoms with Crippen molar-refractivity contribution in [2.75, 3.05) is 13.7 Å². The first-order valence-corrected chi connectivity index (χ1v) is 8.08. The molecule has 0 aliphatic rings. The molecule has 0 aromatic heterocycles. The zero-order chi connectivity index (χ0) is 17.5. The number of carboxylic acids is 1. The van der Waals surface area contributed by atoms with Gasteiger partial charge in [0.1, 0.15) is 11.5 Å². The molecule has 0 heterocycles. The minimum Gasteiger partial charge on any atom is -0.497 e. The summed E-state index contributed by atoms with van der Waals surface area (Å²) in [5.41, 5.74) is 1.67. The summed E-state index contributed by atoms with van der Waals surface area (Å²) in [6.07, 6.45) is 0.404. The topological polar surface area (TPSA) is 55.8 Å². The van der Waals surface area contributed by atoms with Crippen molar-refractivity contribution in [3.8, 4) is 11.5 Å². The highest BCUT2D eigenvalue weighted by Gasteiger charge is 2.21. The lowest BCUT2D eigenvalue weighted by Gasteiger charge is -2.15. The predicted octanol–water partition coefficient (Wildman–Crippen LogP) is 4.14. The van der Waals surface area contributed by atoms with E-state index in [9.17, 15) is 9.90 Å². The Bertz CT molecular complexity index is 679. The Hall–Kier alpha value is -2.49. The third kappa shape index (κ3) is 5.01. The van der Waals surface area contributed by atoms with Crippen LogP contribution in [0.15, 0.2) is 48.5 Å². The average Bonchev–Trinajstić information content (AvgIpc) is 2.58. The first-order valence-electron chi connectivity index (χ1n) is 8.08. The van der Waals surface area contributed by atoms with Gasteiger partial charge in [0.25, 0.3) is 0 Å². The minimum atomic E-state index is -0.850. The number of benzene rings is 2. The van der Waals surface area contributed by atoms with Gasteiger partial charge in [0.15, 0.2) is 0 Å². The maximum Gasteiger partial charge on any atom is 0.311 e. The second kappa shape index (κ2) is 8.39. The van der Waals surface area contributed by atoms with Crippen molar-refractivity contribution in [2.45, 2.75) is 26.2 Å². The molecule has 0 aliphatic heterocycles. The molecule has 1 unspecified atom stereocenters. The van der Waals surface area contributed by atoms with Crippen LogP contribution in [0.25, 0.3) is 0 Å². The summed E-state index contributed by atoms with van der Waals surface area (Å²) in [6, 6.07) is 14.9. The Morgan fingerprint density at radius 2 is 1.79 bits per heavy atom. The molecule has 24 heavy (non-hydrogen) atoms. The summed E-state index contributed by atoms with van der Waals surface area (Å²) in [6.45, 7) is 4.82. The first-order chi connectivity index (χ1) is 11.5. The molecular weight excluding hydrogens is 304 g/mol. The quantitative estimate of drug-likeness (QED) is 0.791. The van der Waals surface area contributed by atoms with E-state index in [2.05, 4.69) is 13.8 Å². The lowest BCUT2D eigenvalue weighted by atomic mass is 9.92. The molecule has 128 valence electrons.